The van der Waals surface area contributed by atoms with E-state index in [1.165, 1.54) is 0 Å². The maximum absolute atomic E-state index is 9.26. The van der Waals surface area contributed by atoms with Crippen LogP contribution in [0.25, 0.3) is 12.2 Å². The van der Waals surface area contributed by atoms with E-state index in [1.54, 1.807) is 12.1 Å². The van der Waals surface area contributed by atoms with Crippen molar-refractivity contribution in [3.63, 3.8) is 0 Å². The van der Waals surface area contributed by atoms with Gasteiger partial charge in [0.25, 0.3) is 0 Å². The third kappa shape index (κ3) is 4.28. The molecular weight excluding hydrogens is 264 g/mol. The minimum Gasteiger partial charge on any atom is -0.508 e. The molecule has 0 aliphatic carbocycles. The van der Waals surface area contributed by atoms with Gasteiger partial charge in [0.2, 0.25) is 0 Å². The van der Waals surface area contributed by atoms with Gasteiger partial charge in [-0.05, 0) is 49.2 Å². The number of aromatic hydroxyl groups is 1. The summed E-state index contributed by atoms with van der Waals surface area (Å²) in [6, 6.07) is 12.9. The van der Waals surface area contributed by atoms with Crippen molar-refractivity contribution in [3.05, 3.63) is 53.6 Å². The molecule has 0 saturated heterocycles. The summed E-state index contributed by atoms with van der Waals surface area (Å²) in [7, 11) is 0. The number of phenolic OH excluding ortho intramolecular Hbond substituents is 1. The predicted octanol–water partition coefficient (Wildman–Crippen LogP) is 4.36. The van der Waals surface area contributed by atoms with Gasteiger partial charge in [-0.2, -0.15) is 0 Å². The molecule has 110 valence electrons. The molecule has 3 nitrogen and oxygen atoms in total. The van der Waals surface area contributed by atoms with Gasteiger partial charge in [-0.1, -0.05) is 30.4 Å². The van der Waals surface area contributed by atoms with Crippen LogP contribution in [0.2, 0.25) is 0 Å². The molecule has 2 aromatic rings. The number of rotatable bonds is 6. The average Bonchev–Trinajstić information content (AvgIpc) is 2.49. The molecule has 0 aromatic heterocycles. The molecular formula is C18H20O3. The van der Waals surface area contributed by atoms with Crippen molar-refractivity contribution in [2.45, 2.75) is 13.8 Å². The molecule has 2 aromatic carbocycles. The fourth-order valence-corrected chi connectivity index (χ4v) is 1.95. The molecule has 3 heteroatoms. The molecule has 0 heterocycles. The SMILES string of the molecule is CCOc1ccc(C=Cc2ccc(O)cc2)cc1OCC. The summed E-state index contributed by atoms with van der Waals surface area (Å²) in [5.74, 6) is 1.79. The number of hydrogen-bond acceptors (Lipinski definition) is 3. The first-order valence-electron chi connectivity index (χ1n) is 7.09. The van der Waals surface area contributed by atoms with Crippen LogP contribution in [-0.2, 0) is 0 Å². The minimum absolute atomic E-state index is 0.270. The topological polar surface area (TPSA) is 38.7 Å². The van der Waals surface area contributed by atoms with E-state index in [2.05, 4.69) is 0 Å². The predicted molar refractivity (Wildman–Crippen MR) is 85.8 cm³/mol. The summed E-state index contributed by atoms with van der Waals surface area (Å²) in [4.78, 5) is 0. The molecule has 0 unspecified atom stereocenters. The maximum atomic E-state index is 9.26. The molecule has 0 aliphatic heterocycles. The summed E-state index contributed by atoms with van der Waals surface area (Å²) in [5, 5.41) is 9.26. The van der Waals surface area contributed by atoms with Crippen molar-refractivity contribution in [2.24, 2.45) is 0 Å². The van der Waals surface area contributed by atoms with Crippen LogP contribution < -0.4 is 9.47 Å². The Bertz CT molecular complexity index is 600. The van der Waals surface area contributed by atoms with E-state index >= 15 is 0 Å². The van der Waals surface area contributed by atoms with Crippen molar-refractivity contribution >= 4 is 12.2 Å². The lowest BCUT2D eigenvalue weighted by atomic mass is 10.1. The second kappa shape index (κ2) is 7.39. The summed E-state index contributed by atoms with van der Waals surface area (Å²) in [6.07, 6.45) is 4.00. The lowest BCUT2D eigenvalue weighted by Crippen LogP contribution is -1.98. The van der Waals surface area contributed by atoms with Gasteiger partial charge in [0.15, 0.2) is 11.5 Å². The standard InChI is InChI=1S/C18H20O3/c1-3-20-17-12-9-15(13-18(17)21-4-2)6-5-14-7-10-16(19)11-8-14/h5-13,19H,3-4H2,1-2H3. The molecule has 21 heavy (non-hydrogen) atoms. The third-order valence-electron chi connectivity index (χ3n) is 2.93. The molecule has 2 rings (SSSR count). The summed E-state index contributed by atoms with van der Waals surface area (Å²) < 4.78 is 11.1. The molecule has 0 fully saturated rings. The summed E-state index contributed by atoms with van der Waals surface area (Å²) in [5.41, 5.74) is 2.06. The van der Waals surface area contributed by atoms with Crippen LogP contribution >= 0.6 is 0 Å². The van der Waals surface area contributed by atoms with Crippen LogP contribution in [0.15, 0.2) is 42.5 Å². The second-order valence-electron chi connectivity index (χ2n) is 4.50. The number of ether oxygens (including phenoxy) is 2. The summed E-state index contributed by atoms with van der Waals surface area (Å²) in [6.45, 7) is 5.12. The molecule has 0 bridgehead atoms. The van der Waals surface area contributed by atoms with E-state index in [0.717, 1.165) is 22.6 Å². The number of phenols is 1. The minimum atomic E-state index is 0.270. The van der Waals surface area contributed by atoms with E-state index < -0.39 is 0 Å². The third-order valence-corrected chi connectivity index (χ3v) is 2.93. The highest BCUT2D eigenvalue weighted by Crippen LogP contribution is 2.29. The molecule has 0 amide bonds. The Morgan fingerprint density at radius 2 is 1.38 bits per heavy atom. The van der Waals surface area contributed by atoms with Crippen molar-refractivity contribution < 1.29 is 14.6 Å². The highest BCUT2D eigenvalue weighted by Gasteiger charge is 2.04. The van der Waals surface area contributed by atoms with Crippen LogP contribution in [0.4, 0.5) is 0 Å². The molecule has 0 atom stereocenters. The Kier molecular flexibility index (Phi) is 5.27. The van der Waals surface area contributed by atoms with Gasteiger partial charge < -0.3 is 14.6 Å². The molecule has 0 radical (unpaired) electrons. The van der Waals surface area contributed by atoms with Crippen LogP contribution in [0, 0.1) is 0 Å². The zero-order chi connectivity index (χ0) is 15.1. The summed E-state index contributed by atoms with van der Waals surface area (Å²) >= 11 is 0. The second-order valence-corrected chi connectivity index (χ2v) is 4.50. The number of benzene rings is 2. The van der Waals surface area contributed by atoms with Crippen molar-refractivity contribution in [1.29, 1.82) is 0 Å². The maximum Gasteiger partial charge on any atom is 0.161 e. The van der Waals surface area contributed by atoms with Crippen LogP contribution in [-0.4, -0.2) is 18.3 Å². The van der Waals surface area contributed by atoms with E-state index in [4.69, 9.17) is 9.47 Å². The highest BCUT2D eigenvalue weighted by atomic mass is 16.5. The van der Waals surface area contributed by atoms with Gasteiger partial charge in [-0.15, -0.1) is 0 Å². The first-order chi connectivity index (χ1) is 10.2. The van der Waals surface area contributed by atoms with E-state index in [-0.39, 0.29) is 5.75 Å². The van der Waals surface area contributed by atoms with Crippen molar-refractivity contribution in [3.8, 4) is 17.2 Å². The first-order valence-corrected chi connectivity index (χ1v) is 7.09. The van der Waals surface area contributed by atoms with Crippen LogP contribution in [0.1, 0.15) is 25.0 Å². The lowest BCUT2D eigenvalue weighted by Gasteiger charge is -2.11. The van der Waals surface area contributed by atoms with Crippen molar-refractivity contribution in [1.82, 2.24) is 0 Å². The van der Waals surface area contributed by atoms with Gasteiger partial charge in [0.05, 0.1) is 13.2 Å². The smallest absolute Gasteiger partial charge is 0.161 e. The quantitative estimate of drug-likeness (QED) is 0.801. The van der Waals surface area contributed by atoms with Crippen LogP contribution in [0.5, 0.6) is 17.2 Å². The average molecular weight is 284 g/mol. The Balaban J connectivity index is 2.19. The fraction of sp³-hybridized carbons (Fsp3) is 0.222. The largest absolute Gasteiger partial charge is 0.508 e. The molecule has 0 aliphatic rings. The van der Waals surface area contributed by atoms with E-state index in [1.807, 2.05) is 56.3 Å². The molecule has 1 N–H and O–H groups in total. The van der Waals surface area contributed by atoms with E-state index in [0.29, 0.717) is 13.2 Å². The Labute approximate surface area is 125 Å². The number of hydrogen-bond donors (Lipinski definition) is 1. The van der Waals surface area contributed by atoms with E-state index in [9.17, 15) is 5.11 Å². The van der Waals surface area contributed by atoms with Gasteiger partial charge >= 0.3 is 0 Å². The Hall–Kier alpha value is -2.42. The molecule has 0 spiro atoms. The Morgan fingerprint density at radius 3 is 2.05 bits per heavy atom. The fourth-order valence-electron chi connectivity index (χ4n) is 1.95. The van der Waals surface area contributed by atoms with Crippen LogP contribution in [0.3, 0.4) is 0 Å². The van der Waals surface area contributed by atoms with Gasteiger partial charge in [0.1, 0.15) is 5.75 Å². The highest BCUT2D eigenvalue weighted by molar-refractivity contribution is 5.71. The monoisotopic (exact) mass is 284 g/mol. The Morgan fingerprint density at radius 1 is 0.810 bits per heavy atom. The van der Waals surface area contributed by atoms with Gasteiger partial charge in [0, 0.05) is 0 Å². The van der Waals surface area contributed by atoms with Crippen molar-refractivity contribution in [2.75, 3.05) is 13.2 Å². The zero-order valence-electron chi connectivity index (χ0n) is 12.4. The zero-order valence-corrected chi connectivity index (χ0v) is 12.4. The molecule has 0 saturated carbocycles. The normalized spacial score (nSPS) is 10.8. The van der Waals surface area contributed by atoms with Gasteiger partial charge in [-0.3, -0.25) is 0 Å². The lowest BCUT2D eigenvalue weighted by molar-refractivity contribution is 0.287. The van der Waals surface area contributed by atoms with Gasteiger partial charge in [-0.25, -0.2) is 0 Å². The first kappa shape index (κ1) is 15.0.